The maximum absolute atomic E-state index is 13.3. The molecule has 0 radical (unpaired) electrons. The lowest BCUT2D eigenvalue weighted by atomic mass is 9.95. The third-order valence-corrected chi connectivity index (χ3v) is 6.01. The average Bonchev–Trinajstić information content (AvgIpc) is 3.33. The predicted octanol–water partition coefficient (Wildman–Crippen LogP) is 5.96. The van der Waals surface area contributed by atoms with Crippen molar-refractivity contribution in [2.24, 2.45) is 0 Å². The highest BCUT2D eigenvalue weighted by Gasteiger charge is 2.42. The molecule has 0 aliphatic carbocycles. The molecule has 0 fully saturated rings. The zero-order chi connectivity index (χ0) is 22.7. The summed E-state index contributed by atoms with van der Waals surface area (Å²) >= 11 is 6.20. The number of phenols is 1. The minimum atomic E-state index is -0.328. The Labute approximate surface area is 193 Å². The third-order valence-electron chi connectivity index (χ3n) is 5.77. The first kappa shape index (κ1) is 22.2. The van der Waals surface area contributed by atoms with Gasteiger partial charge in [0.2, 0.25) is 0 Å². The van der Waals surface area contributed by atoms with E-state index in [0.29, 0.717) is 35.1 Å². The second-order valence-electron chi connectivity index (χ2n) is 8.05. The molecule has 4 rings (SSSR count). The molecule has 1 amide bonds. The average molecular weight is 454 g/mol. The first-order valence-corrected chi connectivity index (χ1v) is 11.5. The quantitative estimate of drug-likeness (QED) is 0.392. The van der Waals surface area contributed by atoms with Gasteiger partial charge in [-0.2, -0.15) is 5.10 Å². The number of aromatic amines is 1. The molecule has 1 aromatic heterocycles. The molecule has 1 aliphatic rings. The molecule has 0 saturated heterocycles. The molecule has 168 valence electrons. The van der Waals surface area contributed by atoms with Crippen molar-refractivity contribution < 1.29 is 14.6 Å². The number of nitrogens with one attached hydrogen (secondary N) is 1. The van der Waals surface area contributed by atoms with Gasteiger partial charge in [0.05, 0.1) is 12.6 Å². The number of aromatic hydroxyl groups is 1. The van der Waals surface area contributed by atoms with Crippen LogP contribution in [0, 0.1) is 0 Å². The third kappa shape index (κ3) is 4.19. The van der Waals surface area contributed by atoms with Gasteiger partial charge in [0.15, 0.2) is 0 Å². The highest BCUT2D eigenvalue weighted by atomic mass is 35.5. The molecule has 0 bridgehead atoms. The Morgan fingerprint density at radius 1 is 1.16 bits per heavy atom. The zero-order valence-corrected chi connectivity index (χ0v) is 19.2. The lowest BCUT2D eigenvalue weighted by Gasteiger charge is -2.26. The Morgan fingerprint density at radius 2 is 1.97 bits per heavy atom. The molecular formula is C25H28ClN3O3. The minimum absolute atomic E-state index is 0.0681. The van der Waals surface area contributed by atoms with Crippen LogP contribution >= 0.6 is 11.6 Å². The first-order valence-electron chi connectivity index (χ1n) is 11.2. The molecule has 2 aromatic carbocycles. The van der Waals surface area contributed by atoms with Gasteiger partial charge >= 0.3 is 0 Å². The number of rotatable bonds is 9. The summed E-state index contributed by atoms with van der Waals surface area (Å²) in [6.07, 6.45) is 3.92. The number of halogens is 1. The number of H-pyrrole nitrogens is 1. The number of carbonyl (C=O) groups is 1. The van der Waals surface area contributed by atoms with E-state index in [1.165, 1.54) is 0 Å². The molecule has 1 aliphatic heterocycles. The highest BCUT2D eigenvalue weighted by Crippen LogP contribution is 2.45. The van der Waals surface area contributed by atoms with E-state index in [1.807, 2.05) is 29.2 Å². The van der Waals surface area contributed by atoms with Crippen LogP contribution in [0.25, 0.3) is 11.3 Å². The molecule has 0 spiro atoms. The summed E-state index contributed by atoms with van der Waals surface area (Å²) in [5, 5.41) is 18.3. The number of unbranched alkanes of at least 4 members (excludes halogenated alkanes) is 2. The van der Waals surface area contributed by atoms with Gasteiger partial charge in [0.1, 0.15) is 22.9 Å². The standard InChI is InChI=1S/C25H28ClN3O3/c1-3-5-12-29-24(16-8-7-9-18(14-16)32-13-6-4-2)21-22(27-28-23(21)25(29)31)19-15-17(26)10-11-20(19)30/h7-11,14-15,24,30H,3-6,12-13H2,1-2H3,(H,27,28). The fourth-order valence-corrected chi connectivity index (χ4v) is 4.29. The van der Waals surface area contributed by atoms with Crippen molar-refractivity contribution in [3.63, 3.8) is 0 Å². The maximum Gasteiger partial charge on any atom is 0.273 e. The summed E-state index contributed by atoms with van der Waals surface area (Å²) < 4.78 is 5.92. The minimum Gasteiger partial charge on any atom is -0.507 e. The van der Waals surface area contributed by atoms with Gasteiger partial charge < -0.3 is 14.7 Å². The molecule has 6 nitrogen and oxygen atoms in total. The molecule has 1 unspecified atom stereocenters. The summed E-state index contributed by atoms with van der Waals surface area (Å²) in [6, 6.07) is 12.4. The fourth-order valence-electron chi connectivity index (χ4n) is 4.11. The van der Waals surface area contributed by atoms with E-state index in [0.717, 1.165) is 42.6 Å². The Morgan fingerprint density at radius 3 is 2.75 bits per heavy atom. The van der Waals surface area contributed by atoms with Crippen molar-refractivity contribution in [3.05, 3.63) is 64.3 Å². The number of amides is 1. The van der Waals surface area contributed by atoms with Crippen molar-refractivity contribution in [3.8, 4) is 22.8 Å². The van der Waals surface area contributed by atoms with E-state index in [4.69, 9.17) is 16.3 Å². The second-order valence-corrected chi connectivity index (χ2v) is 8.49. The first-order chi connectivity index (χ1) is 15.5. The number of fused-ring (bicyclic) bond motifs is 1. The summed E-state index contributed by atoms with van der Waals surface area (Å²) in [4.78, 5) is 15.2. The largest absolute Gasteiger partial charge is 0.507 e. The predicted molar refractivity (Wildman–Crippen MR) is 125 cm³/mol. The van der Waals surface area contributed by atoms with Crippen molar-refractivity contribution in [2.75, 3.05) is 13.2 Å². The van der Waals surface area contributed by atoms with E-state index in [2.05, 4.69) is 24.0 Å². The van der Waals surface area contributed by atoms with Crippen LogP contribution in [0.2, 0.25) is 5.02 Å². The van der Waals surface area contributed by atoms with Gasteiger partial charge in [-0.25, -0.2) is 0 Å². The normalized spacial score (nSPS) is 15.3. The van der Waals surface area contributed by atoms with Gasteiger partial charge in [-0.3, -0.25) is 9.89 Å². The molecule has 7 heteroatoms. The number of hydrogen-bond donors (Lipinski definition) is 2. The molecule has 1 atom stereocenters. The van der Waals surface area contributed by atoms with Crippen molar-refractivity contribution in [2.45, 2.75) is 45.6 Å². The summed E-state index contributed by atoms with van der Waals surface area (Å²) in [5.74, 6) is 0.762. The molecule has 32 heavy (non-hydrogen) atoms. The van der Waals surface area contributed by atoms with Crippen LogP contribution in [-0.2, 0) is 0 Å². The van der Waals surface area contributed by atoms with Gasteiger partial charge in [0, 0.05) is 22.7 Å². The molecular weight excluding hydrogens is 426 g/mol. The maximum atomic E-state index is 13.3. The Hall–Kier alpha value is -2.99. The SMILES string of the molecule is CCCCOc1cccc(C2c3c(-c4cc(Cl)ccc4O)n[nH]c3C(=O)N2CCCC)c1. The smallest absolute Gasteiger partial charge is 0.273 e. The number of carbonyl (C=O) groups excluding carboxylic acids is 1. The van der Waals surface area contributed by atoms with Crippen molar-refractivity contribution in [1.29, 1.82) is 0 Å². The number of hydrogen-bond acceptors (Lipinski definition) is 4. The fraction of sp³-hybridized carbons (Fsp3) is 0.360. The highest BCUT2D eigenvalue weighted by molar-refractivity contribution is 6.31. The Bertz CT molecular complexity index is 1110. The summed E-state index contributed by atoms with van der Waals surface area (Å²) in [5.41, 5.74) is 3.20. The van der Waals surface area contributed by atoms with Crippen LogP contribution in [0.15, 0.2) is 42.5 Å². The molecule has 2 heterocycles. The zero-order valence-electron chi connectivity index (χ0n) is 18.4. The monoisotopic (exact) mass is 453 g/mol. The Kier molecular flexibility index (Phi) is 6.70. The van der Waals surface area contributed by atoms with Crippen LogP contribution < -0.4 is 4.74 Å². The van der Waals surface area contributed by atoms with Crippen LogP contribution in [0.3, 0.4) is 0 Å². The Balaban J connectivity index is 1.81. The molecule has 2 N–H and O–H groups in total. The number of phenolic OH excluding ortho intramolecular Hbond substituents is 1. The number of aromatic nitrogens is 2. The van der Waals surface area contributed by atoms with Crippen LogP contribution in [0.1, 0.15) is 67.2 Å². The van der Waals surface area contributed by atoms with Gasteiger partial charge in [-0.15, -0.1) is 0 Å². The summed E-state index contributed by atoms with van der Waals surface area (Å²) in [7, 11) is 0. The van der Waals surface area contributed by atoms with Gasteiger partial charge in [-0.1, -0.05) is 50.4 Å². The number of ether oxygens (including phenoxy) is 1. The van der Waals surface area contributed by atoms with E-state index < -0.39 is 0 Å². The van der Waals surface area contributed by atoms with Crippen molar-refractivity contribution in [1.82, 2.24) is 15.1 Å². The van der Waals surface area contributed by atoms with Crippen LogP contribution in [0.5, 0.6) is 11.5 Å². The van der Waals surface area contributed by atoms with Gasteiger partial charge in [-0.05, 0) is 48.7 Å². The lowest BCUT2D eigenvalue weighted by Crippen LogP contribution is -2.30. The van der Waals surface area contributed by atoms with E-state index >= 15 is 0 Å². The molecule has 3 aromatic rings. The van der Waals surface area contributed by atoms with E-state index in [-0.39, 0.29) is 17.7 Å². The topological polar surface area (TPSA) is 78.5 Å². The lowest BCUT2D eigenvalue weighted by molar-refractivity contribution is 0.0741. The van der Waals surface area contributed by atoms with E-state index in [1.54, 1.807) is 18.2 Å². The molecule has 0 saturated carbocycles. The van der Waals surface area contributed by atoms with Crippen LogP contribution in [-0.4, -0.2) is 39.3 Å². The number of nitrogens with zero attached hydrogens (tertiary/aromatic N) is 2. The van der Waals surface area contributed by atoms with Crippen molar-refractivity contribution >= 4 is 17.5 Å². The van der Waals surface area contributed by atoms with E-state index in [9.17, 15) is 9.90 Å². The van der Waals surface area contributed by atoms with Gasteiger partial charge in [0.25, 0.3) is 5.91 Å². The van der Waals surface area contributed by atoms with Crippen LogP contribution in [0.4, 0.5) is 0 Å². The second kappa shape index (κ2) is 9.65. The summed E-state index contributed by atoms with van der Waals surface area (Å²) in [6.45, 7) is 5.52. The number of benzene rings is 2.